The Labute approximate surface area is 162 Å². The third-order valence-electron chi connectivity index (χ3n) is 7.23. The number of aryl methyl sites for hydroxylation is 1. The van der Waals surface area contributed by atoms with Crippen LogP contribution in [0.4, 0.5) is 5.69 Å². The van der Waals surface area contributed by atoms with Crippen LogP contribution in [0.1, 0.15) is 89.3 Å². The average molecular weight is 372 g/mol. The Balaban J connectivity index is 2.13. The van der Waals surface area contributed by atoms with E-state index in [1.807, 2.05) is 13.8 Å². The van der Waals surface area contributed by atoms with Crippen molar-refractivity contribution in [2.75, 3.05) is 5.32 Å². The predicted molar refractivity (Wildman–Crippen MR) is 108 cm³/mol. The molecule has 1 fully saturated rings. The smallest absolute Gasteiger partial charge is 0.309 e. The summed E-state index contributed by atoms with van der Waals surface area (Å²) in [5, 5.41) is 13.1. The second-order valence-electron chi connectivity index (χ2n) is 9.24. The van der Waals surface area contributed by atoms with Crippen LogP contribution in [0.3, 0.4) is 0 Å². The molecule has 2 N–H and O–H groups in total. The minimum Gasteiger partial charge on any atom is -0.481 e. The van der Waals surface area contributed by atoms with E-state index < -0.39 is 11.4 Å². The number of carbonyl (C=O) groups is 2. The Hall–Kier alpha value is -1.84. The van der Waals surface area contributed by atoms with Crippen molar-refractivity contribution in [2.24, 2.45) is 11.3 Å². The first-order chi connectivity index (χ1) is 12.6. The van der Waals surface area contributed by atoms with Gasteiger partial charge in [-0.05, 0) is 72.6 Å². The molecular weight excluding hydrogens is 338 g/mol. The summed E-state index contributed by atoms with van der Waals surface area (Å²) in [6.07, 6.45) is 4.98. The lowest BCUT2D eigenvalue weighted by atomic mass is 9.49. The molecule has 4 heteroatoms. The fourth-order valence-corrected chi connectivity index (χ4v) is 5.62. The first-order valence-corrected chi connectivity index (χ1v) is 10.3. The second-order valence-corrected chi connectivity index (χ2v) is 9.24. The summed E-state index contributed by atoms with van der Waals surface area (Å²) in [4.78, 5) is 24.2. The van der Waals surface area contributed by atoms with Gasteiger partial charge >= 0.3 is 5.97 Å². The van der Waals surface area contributed by atoms with Crippen LogP contribution in [0.5, 0.6) is 0 Å². The maximum absolute atomic E-state index is 12.1. The normalized spacial score (nSPS) is 29.8. The summed E-state index contributed by atoms with van der Waals surface area (Å²) in [5.41, 5.74) is 3.84. The van der Waals surface area contributed by atoms with Gasteiger partial charge in [0.15, 0.2) is 0 Å². The quantitative estimate of drug-likeness (QED) is 0.759. The molecule has 0 aliphatic heterocycles. The second kappa shape index (κ2) is 6.96. The van der Waals surface area contributed by atoms with E-state index in [1.165, 1.54) is 16.7 Å². The van der Waals surface area contributed by atoms with Gasteiger partial charge in [0.25, 0.3) is 0 Å². The molecule has 3 atom stereocenters. The molecule has 27 heavy (non-hydrogen) atoms. The summed E-state index contributed by atoms with van der Waals surface area (Å²) in [6.45, 7) is 10.3. The summed E-state index contributed by atoms with van der Waals surface area (Å²) < 4.78 is 0. The number of benzene rings is 1. The fraction of sp³-hybridized carbons (Fsp3) is 0.652. The van der Waals surface area contributed by atoms with Crippen LogP contribution in [-0.2, 0) is 21.4 Å². The maximum atomic E-state index is 12.1. The van der Waals surface area contributed by atoms with Gasteiger partial charge in [0.1, 0.15) is 0 Å². The molecule has 2 aliphatic rings. The Bertz CT molecular complexity index is 769. The molecule has 3 rings (SSSR count). The van der Waals surface area contributed by atoms with Crippen molar-refractivity contribution in [1.82, 2.24) is 0 Å². The number of rotatable bonds is 4. The minimum atomic E-state index is -0.672. The molecule has 1 aromatic rings. The van der Waals surface area contributed by atoms with Crippen molar-refractivity contribution in [3.8, 4) is 0 Å². The Morgan fingerprint density at radius 3 is 2.56 bits per heavy atom. The van der Waals surface area contributed by atoms with Gasteiger partial charge in [-0.1, -0.05) is 40.2 Å². The average Bonchev–Trinajstić information content (AvgIpc) is 2.61. The molecule has 2 aliphatic carbocycles. The largest absolute Gasteiger partial charge is 0.481 e. The van der Waals surface area contributed by atoms with Crippen molar-refractivity contribution in [3.05, 3.63) is 28.8 Å². The number of carbonyl (C=O) groups excluding carboxylic acids is 1. The van der Waals surface area contributed by atoms with Crippen LogP contribution < -0.4 is 5.32 Å². The molecule has 0 spiro atoms. The molecule has 0 bridgehead atoms. The van der Waals surface area contributed by atoms with E-state index in [9.17, 15) is 14.7 Å². The van der Waals surface area contributed by atoms with Gasteiger partial charge in [-0.3, -0.25) is 9.59 Å². The molecular formula is C23H33NO3. The zero-order valence-corrected chi connectivity index (χ0v) is 17.3. The Kier molecular flexibility index (Phi) is 5.13. The zero-order chi connectivity index (χ0) is 20.0. The highest BCUT2D eigenvalue weighted by Crippen LogP contribution is 2.58. The van der Waals surface area contributed by atoms with E-state index in [0.29, 0.717) is 12.3 Å². The van der Waals surface area contributed by atoms with E-state index in [0.717, 1.165) is 37.8 Å². The third kappa shape index (κ3) is 3.17. The topological polar surface area (TPSA) is 66.4 Å². The van der Waals surface area contributed by atoms with Crippen LogP contribution in [0.2, 0.25) is 0 Å². The van der Waals surface area contributed by atoms with Gasteiger partial charge in [0.05, 0.1) is 5.41 Å². The first-order valence-electron chi connectivity index (χ1n) is 10.3. The number of carboxylic acid groups (broad SMARTS) is 1. The minimum absolute atomic E-state index is 0.0216. The summed E-state index contributed by atoms with van der Waals surface area (Å²) in [6, 6.07) is 4.43. The van der Waals surface area contributed by atoms with Crippen LogP contribution >= 0.6 is 0 Å². The van der Waals surface area contributed by atoms with E-state index in [2.05, 4.69) is 38.2 Å². The SMILES string of the molecule is CCC(=O)Nc1cc2c(cc1C(C)C)CC[C@H]1[C@](C)(C(=O)O)CCC[C@]21C. The van der Waals surface area contributed by atoms with Crippen LogP contribution in [0.15, 0.2) is 12.1 Å². The number of carboxylic acids is 1. The molecule has 0 aromatic heterocycles. The third-order valence-corrected chi connectivity index (χ3v) is 7.23. The Morgan fingerprint density at radius 1 is 1.26 bits per heavy atom. The standard InChI is InChI=1S/C23H33NO3/c1-6-20(25)24-18-13-17-15(12-16(18)14(2)3)8-9-19-22(17,4)10-7-11-23(19,5)21(26)27/h12-14,19H,6-11H2,1-5H3,(H,24,25)(H,26,27)/t19-,22-,23-/m1/s1. The van der Waals surface area contributed by atoms with Gasteiger partial charge in [0, 0.05) is 12.1 Å². The predicted octanol–water partition coefficient (Wildman–Crippen LogP) is 5.25. The molecule has 0 saturated heterocycles. The van der Waals surface area contributed by atoms with Crippen LogP contribution in [-0.4, -0.2) is 17.0 Å². The van der Waals surface area contributed by atoms with Crippen molar-refractivity contribution < 1.29 is 14.7 Å². The van der Waals surface area contributed by atoms with Crippen LogP contribution in [0.25, 0.3) is 0 Å². The van der Waals surface area contributed by atoms with E-state index in [4.69, 9.17) is 0 Å². The summed E-state index contributed by atoms with van der Waals surface area (Å²) in [7, 11) is 0. The lowest BCUT2D eigenvalue weighted by Crippen LogP contribution is -2.52. The number of fused-ring (bicyclic) bond motifs is 3. The summed E-state index contributed by atoms with van der Waals surface area (Å²) >= 11 is 0. The first kappa shape index (κ1) is 19.9. The van der Waals surface area contributed by atoms with Crippen molar-refractivity contribution in [1.29, 1.82) is 0 Å². The van der Waals surface area contributed by atoms with Crippen molar-refractivity contribution in [2.45, 2.75) is 84.5 Å². The van der Waals surface area contributed by atoms with Crippen molar-refractivity contribution in [3.63, 3.8) is 0 Å². The molecule has 1 aromatic carbocycles. The van der Waals surface area contributed by atoms with Gasteiger partial charge in [-0.2, -0.15) is 0 Å². The number of nitrogens with one attached hydrogen (secondary N) is 1. The maximum Gasteiger partial charge on any atom is 0.309 e. The highest BCUT2D eigenvalue weighted by molar-refractivity contribution is 5.91. The molecule has 4 nitrogen and oxygen atoms in total. The molecule has 148 valence electrons. The fourth-order valence-electron chi connectivity index (χ4n) is 5.62. The van der Waals surface area contributed by atoms with E-state index in [-0.39, 0.29) is 17.2 Å². The molecule has 1 amide bonds. The molecule has 0 heterocycles. The zero-order valence-electron chi connectivity index (χ0n) is 17.3. The molecule has 0 radical (unpaired) electrons. The van der Waals surface area contributed by atoms with Crippen molar-refractivity contribution >= 4 is 17.6 Å². The number of hydrogen-bond donors (Lipinski definition) is 2. The van der Waals surface area contributed by atoms with Gasteiger partial charge in [-0.25, -0.2) is 0 Å². The molecule has 0 unspecified atom stereocenters. The lowest BCUT2D eigenvalue weighted by Gasteiger charge is -2.53. The number of hydrogen-bond acceptors (Lipinski definition) is 2. The van der Waals surface area contributed by atoms with Gasteiger partial charge < -0.3 is 10.4 Å². The van der Waals surface area contributed by atoms with Crippen LogP contribution in [0, 0.1) is 11.3 Å². The number of amides is 1. The number of anilines is 1. The lowest BCUT2D eigenvalue weighted by molar-refractivity contribution is -0.157. The molecule has 1 saturated carbocycles. The van der Waals surface area contributed by atoms with Gasteiger partial charge in [0.2, 0.25) is 5.91 Å². The highest BCUT2D eigenvalue weighted by Gasteiger charge is 2.55. The Morgan fingerprint density at radius 2 is 1.96 bits per heavy atom. The van der Waals surface area contributed by atoms with E-state index >= 15 is 0 Å². The highest BCUT2D eigenvalue weighted by atomic mass is 16.4. The monoisotopic (exact) mass is 371 g/mol. The number of aliphatic carboxylic acids is 1. The van der Waals surface area contributed by atoms with Gasteiger partial charge in [-0.15, -0.1) is 0 Å². The van der Waals surface area contributed by atoms with E-state index in [1.54, 1.807) is 0 Å². The summed E-state index contributed by atoms with van der Waals surface area (Å²) in [5.74, 6) is -0.194.